The summed E-state index contributed by atoms with van der Waals surface area (Å²) in [5.74, 6) is 1.86. The van der Waals surface area contributed by atoms with Gasteiger partial charge in [-0.05, 0) is 31.5 Å². The molecule has 24 heavy (non-hydrogen) atoms. The largest absolute Gasteiger partial charge is 0.360 e. The zero-order valence-electron chi connectivity index (χ0n) is 13.5. The van der Waals surface area contributed by atoms with Crippen LogP contribution in [0.5, 0.6) is 0 Å². The summed E-state index contributed by atoms with van der Waals surface area (Å²) in [6.07, 6.45) is 1.93. The highest BCUT2D eigenvalue weighted by Crippen LogP contribution is 2.16. The second-order valence-corrected chi connectivity index (χ2v) is 5.59. The molecule has 0 saturated carbocycles. The molecular formula is C18H18N4O2. The first-order valence-electron chi connectivity index (χ1n) is 7.60. The number of amides is 1. The van der Waals surface area contributed by atoms with Crippen molar-refractivity contribution in [3.63, 3.8) is 0 Å². The van der Waals surface area contributed by atoms with Crippen molar-refractivity contribution < 1.29 is 9.32 Å². The van der Waals surface area contributed by atoms with Gasteiger partial charge in [0.25, 0.3) is 0 Å². The van der Waals surface area contributed by atoms with Gasteiger partial charge in [-0.1, -0.05) is 35.0 Å². The van der Waals surface area contributed by atoms with E-state index in [1.54, 1.807) is 24.4 Å². The third-order valence-corrected chi connectivity index (χ3v) is 3.38. The Morgan fingerprint density at radius 2 is 2.00 bits per heavy atom. The quantitative estimate of drug-likeness (QED) is 0.750. The molecule has 0 fully saturated rings. The number of pyridine rings is 1. The van der Waals surface area contributed by atoms with E-state index in [1.807, 2.05) is 38.1 Å². The van der Waals surface area contributed by atoms with E-state index < -0.39 is 0 Å². The van der Waals surface area contributed by atoms with Crippen LogP contribution in [0.3, 0.4) is 0 Å². The van der Waals surface area contributed by atoms with E-state index in [2.05, 4.69) is 20.8 Å². The maximum Gasteiger partial charge on any atom is 0.228 e. The molecule has 1 aromatic carbocycles. The number of hydrogen-bond acceptors (Lipinski definition) is 5. The summed E-state index contributed by atoms with van der Waals surface area (Å²) in [6.45, 7) is 3.83. The molecule has 0 radical (unpaired) electrons. The Labute approximate surface area is 139 Å². The topological polar surface area (TPSA) is 80.0 Å². The fraction of sp³-hybridized carbons (Fsp3) is 0.167. The molecule has 1 amide bonds. The zero-order valence-corrected chi connectivity index (χ0v) is 13.5. The SMILES string of the molecule is Cc1cccc(CC(=O)Nc2ccc(Nc3cc(C)on3)nc2)c1. The number of benzene rings is 1. The van der Waals surface area contributed by atoms with E-state index >= 15 is 0 Å². The molecule has 0 atom stereocenters. The lowest BCUT2D eigenvalue weighted by Gasteiger charge is -2.07. The van der Waals surface area contributed by atoms with Gasteiger partial charge >= 0.3 is 0 Å². The average Bonchev–Trinajstić information content (AvgIpc) is 2.94. The van der Waals surface area contributed by atoms with Crippen molar-refractivity contribution in [3.8, 4) is 0 Å². The van der Waals surface area contributed by atoms with Gasteiger partial charge in [-0.15, -0.1) is 0 Å². The number of aromatic nitrogens is 2. The van der Waals surface area contributed by atoms with Gasteiger partial charge in [0.05, 0.1) is 18.3 Å². The Bertz CT molecular complexity index is 840. The predicted molar refractivity (Wildman–Crippen MR) is 92.3 cm³/mol. The van der Waals surface area contributed by atoms with E-state index in [9.17, 15) is 4.79 Å². The van der Waals surface area contributed by atoms with Gasteiger partial charge in [-0.25, -0.2) is 4.98 Å². The number of hydrogen-bond donors (Lipinski definition) is 2. The molecule has 0 bridgehead atoms. The molecule has 3 aromatic rings. The molecule has 122 valence electrons. The Kier molecular flexibility index (Phi) is 4.56. The summed E-state index contributed by atoms with van der Waals surface area (Å²) in [7, 11) is 0. The second kappa shape index (κ2) is 6.95. The van der Waals surface area contributed by atoms with Crippen molar-refractivity contribution in [1.82, 2.24) is 10.1 Å². The van der Waals surface area contributed by atoms with Crippen LogP contribution in [-0.4, -0.2) is 16.0 Å². The van der Waals surface area contributed by atoms with Crippen molar-refractivity contribution >= 4 is 23.2 Å². The Morgan fingerprint density at radius 3 is 2.67 bits per heavy atom. The Morgan fingerprint density at radius 1 is 1.12 bits per heavy atom. The lowest BCUT2D eigenvalue weighted by Crippen LogP contribution is -2.14. The molecule has 0 aliphatic rings. The van der Waals surface area contributed by atoms with E-state index in [0.29, 0.717) is 23.7 Å². The summed E-state index contributed by atoms with van der Waals surface area (Å²) in [6, 6.07) is 13.2. The fourth-order valence-corrected chi connectivity index (χ4v) is 2.31. The van der Waals surface area contributed by atoms with Gasteiger partial charge < -0.3 is 15.2 Å². The number of rotatable bonds is 5. The van der Waals surface area contributed by atoms with Gasteiger partial charge in [0.1, 0.15) is 11.6 Å². The molecule has 6 heteroatoms. The van der Waals surface area contributed by atoms with E-state index in [-0.39, 0.29) is 5.91 Å². The lowest BCUT2D eigenvalue weighted by molar-refractivity contribution is -0.115. The fourth-order valence-electron chi connectivity index (χ4n) is 2.31. The molecule has 3 rings (SSSR count). The normalized spacial score (nSPS) is 10.4. The number of nitrogens with zero attached hydrogens (tertiary/aromatic N) is 2. The third-order valence-electron chi connectivity index (χ3n) is 3.38. The number of carbonyl (C=O) groups is 1. The highest BCUT2D eigenvalue weighted by molar-refractivity contribution is 5.92. The van der Waals surface area contributed by atoms with Gasteiger partial charge in [-0.3, -0.25) is 4.79 Å². The zero-order chi connectivity index (χ0) is 16.9. The third kappa shape index (κ3) is 4.19. The van der Waals surface area contributed by atoms with Crippen molar-refractivity contribution in [2.45, 2.75) is 20.3 Å². The summed E-state index contributed by atoms with van der Waals surface area (Å²) in [5.41, 5.74) is 2.77. The molecular weight excluding hydrogens is 304 g/mol. The lowest BCUT2D eigenvalue weighted by atomic mass is 10.1. The van der Waals surface area contributed by atoms with Crippen LogP contribution in [0.1, 0.15) is 16.9 Å². The molecule has 0 saturated heterocycles. The highest BCUT2D eigenvalue weighted by Gasteiger charge is 2.06. The molecule has 0 unspecified atom stereocenters. The second-order valence-electron chi connectivity index (χ2n) is 5.59. The highest BCUT2D eigenvalue weighted by atomic mass is 16.5. The van der Waals surface area contributed by atoms with Crippen LogP contribution in [0.15, 0.2) is 53.2 Å². The van der Waals surface area contributed by atoms with Gasteiger partial charge in [0.15, 0.2) is 5.82 Å². The molecule has 2 N–H and O–H groups in total. The van der Waals surface area contributed by atoms with Gasteiger partial charge in [0.2, 0.25) is 5.91 Å². The standard InChI is InChI=1S/C18H18N4O2/c1-12-4-3-5-14(8-12)10-18(23)20-15-6-7-16(19-11-15)21-17-9-13(2)24-22-17/h3-9,11H,10H2,1-2H3,(H,20,23)(H,19,21,22). The van der Waals surface area contributed by atoms with E-state index in [0.717, 1.165) is 16.9 Å². The van der Waals surface area contributed by atoms with Crippen molar-refractivity contribution in [2.75, 3.05) is 10.6 Å². The van der Waals surface area contributed by atoms with Crippen LogP contribution in [-0.2, 0) is 11.2 Å². The van der Waals surface area contributed by atoms with Crippen LogP contribution in [0.2, 0.25) is 0 Å². The minimum Gasteiger partial charge on any atom is -0.360 e. The van der Waals surface area contributed by atoms with Gasteiger partial charge in [0, 0.05) is 6.07 Å². The summed E-state index contributed by atoms with van der Waals surface area (Å²) >= 11 is 0. The minimum atomic E-state index is -0.0739. The number of anilines is 3. The maximum atomic E-state index is 12.1. The van der Waals surface area contributed by atoms with E-state index in [4.69, 9.17) is 4.52 Å². The average molecular weight is 322 g/mol. The van der Waals surface area contributed by atoms with Crippen molar-refractivity contribution in [2.24, 2.45) is 0 Å². The molecule has 0 aliphatic heterocycles. The van der Waals surface area contributed by atoms with Crippen LogP contribution < -0.4 is 10.6 Å². The maximum absolute atomic E-state index is 12.1. The minimum absolute atomic E-state index is 0.0739. The molecule has 0 spiro atoms. The van der Waals surface area contributed by atoms with Crippen LogP contribution in [0, 0.1) is 13.8 Å². The summed E-state index contributed by atoms with van der Waals surface area (Å²) in [5, 5.41) is 9.70. The van der Waals surface area contributed by atoms with E-state index in [1.165, 1.54) is 0 Å². The Hall–Kier alpha value is -3.15. The van der Waals surface area contributed by atoms with Crippen molar-refractivity contribution in [3.05, 3.63) is 65.5 Å². The smallest absolute Gasteiger partial charge is 0.228 e. The van der Waals surface area contributed by atoms with Gasteiger partial charge in [-0.2, -0.15) is 0 Å². The molecule has 2 aromatic heterocycles. The first-order chi connectivity index (χ1) is 11.6. The van der Waals surface area contributed by atoms with Crippen molar-refractivity contribution in [1.29, 1.82) is 0 Å². The molecule has 6 nitrogen and oxygen atoms in total. The summed E-state index contributed by atoms with van der Waals surface area (Å²) in [4.78, 5) is 16.3. The number of carbonyl (C=O) groups excluding carboxylic acids is 1. The summed E-state index contributed by atoms with van der Waals surface area (Å²) < 4.78 is 4.98. The molecule has 2 heterocycles. The number of nitrogens with one attached hydrogen (secondary N) is 2. The van der Waals surface area contributed by atoms with Crippen LogP contribution >= 0.6 is 0 Å². The predicted octanol–water partition coefficient (Wildman–Crippen LogP) is 3.61. The monoisotopic (exact) mass is 322 g/mol. The number of aryl methyl sites for hydroxylation is 2. The first-order valence-corrected chi connectivity index (χ1v) is 7.60. The van der Waals surface area contributed by atoms with Crippen LogP contribution in [0.4, 0.5) is 17.3 Å². The first kappa shape index (κ1) is 15.7. The molecule has 0 aliphatic carbocycles. The Balaban J connectivity index is 1.58. The van der Waals surface area contributed by atoms with Crippen LogP contribution in [0.25, 0.3) is 0 Å².